The number of hydrogen-bond acceptors (Lipinski definition) is 4. The molecule has 4 rings (SSSR count). The third-order valence-corrected chi connectivity index (χ3v) is 6.27. The van der Waals surface area contributed by atoms with Crippen LogP contribution < -0.4 is 9.88 Å². The number of para-hydroxylation sites is 2. The van der Waals surface area contributed by atoms with Crippen LogP contribution >= 0.6 is 23.1 Å². The van der Waals surface area contributed by atoms with E-state index in [1.165, 1.54) is 15.1 Å². The van der Waals surface area contributed by atoms with Gasteiger partial charge in [-0.3, -0.25) is 0 Å². The van der Waals surface area contributed by atoms with Gasteiger partial charge in [-0.25, -0.2) is 0 Å². The van der Waals surface area contributed by atoms with Gasteiger partial charge in [-0.2, -0.15) is 9.83 Å². The smallest absolute Gasteiger partial charge is 0.280 e. The van der Waals surface area contributed by atoms with Crippen molar-refractivity contribution in [1.82, 2.24) is 0 Å². The predicted molar refractivity (Wildman–Crippen MR) is 105 cm³/mol. The Balaban J connectivity index is 1.71. The van der Waals surface area contributed by atoms with Crippen LogP contribution in [0.1, 0.15) is 11.9 Å². The van der Waals surface area contributed by atoms with Gasteiger partial charge in [0.1, 0.15) is 22.9 Å². The van der Waals surface area contributed by atoms with Gasteiger partial charge in [-0.05, 0) is 37.3 Å². The number of benzene rings is 2. The van der Waals surface area contributed by atoms with Gasteiger partial charge in [0.2, 0.25) is 5.52 Å². The molecule has 0 unspecified atom stereocenters. The zero-order chi connectivity index (χ0) is 17.2. The Labute approximate surface area is 154 Å². The number of aromatic nitrogens is 1. The normalized spacial score (nSPS) is 15.2. The lowest BCUT2D eigenvalue weighted by Gasteiger charge is -1.96. The second kappa shape index (κ2) is 6.75. The molecular weight excluding hydrogens is 346 g/mol. The minimum Gasteiger partial charge on any atom is -0.349 e. The first-order valence-electron chi connectivity index (χ1n) is 8.08. The average molecular weight is 363 g/mol. The average Bonchev–Trinajstić information content (AvgIpc) is 3.22. The Morgan fingerprint density at radius 2 is 2.00 bits per heavy atom. The Kier molecular flexibility index (Phi) is 4.31. The van der Waals surface area contributed by atoms with Gasteiger partial charge in [-0.1, -0.05) is 47.4 Å². The minimum atomic E-state index is 0.689. The molecule has 0 fully saturated rings. The van der Waals surface area contributed by atoms with Gasteiger partial charge < -0.3 is 5.32 Å². The van der Waals surface area contributed by atoms with Gasteiger partial charge in [0.25, 0.3) is 5.01 Å². The topological polar surface area (TPSA) is 39.7 Å². The first-order chi connectivity index (χ1) is 12.3. The number of nitriles is 1. The molecule has 1 aliphatic rings. The summed E-state index contributed by atoms with van der Waals surface area (Å²) in [4.78, 5) is 1.21. The summed E-state index contributed by atoms with van der Waals surface area (Å²) in [6.45, 7) is 2.95. The third-order valence-electron chi connectivity index (χ3n) is 4.04. The van der Waals surface area contributed by atoms with Crippen LogP contribution in [0.5, 0.6) is 0 Å². The van der Waals surface area contributed by atoms with Gasteiger partial charge in [0.15, 0.2) is 0 Å². The molecule has 5 heteroatoms. The van der Waals surface area contributed by atoms with Gasteiger partial charge in [0.05, 0.1) is 10.7 Å². The SMILES string of the molecule is CC[n+]1c(C(C#N)=CC=C2Nc3ccccc3S2)sc2ccccc21. The number of allylic oxidation sites excluding steroid dienone is 3. The van der Waals surface area contributed by atoms with Crippen molar-refractivity contribution < 1.29 is 4.57 Å². The number of aryl methyl sites for hydroxylation is 1. The zero-order valence-corrected chi connectivity index (χ0v) is 15.3. The molecule has 0 amide bonds. The van der Waals surface area contributed by atoms with E-state index in [2.05, 4.69) is 47.1 Å². The molecule has 0 spiro atoms. The maximum absolute atomic E-state index is 9.69. The molecule has 0 radical (unpaired) electrons. The first-order valence-corrected chi connectivity index (χ1v) is 9.71. The lowest BCUT2D eigenvalue weighted by molar-refractivity contribution is -0.665. The number of nitrogens with zero attached hydrogens (tertiary/aromatic N) is 2. The Hall–Kier alpha value is -2.55. The highest BCUT2D eigenvalue weighted by molar-refractivity contribution is 8.03. The standard InChI is InChI=1S/C20H15N3S2/c1-2-23-16-8-4-6-10-18(16)25-20(23)14(13-21)11-12-19-22-15-7-3-5-9-17(15)24-19/h3-12H,2H2,1H3/p+1. The fraction of sp³-hybridized carbons (Fsp3) is 0.100. The molecular formula is C20H16N3S2+. The molecule has 25 heavy (non-hydrogen) atoms. The summed E-state index contributed by atoms with van der Waals surface area (Å²) in [6.07, 6.45) is 3.91. The lowest BCUT2D eigenvalue weighted by Crippen LogP contribution is -2.34. The second-order valence-corrected chi connectivity index (χ2v) is 7.68. The molecule has 0 saturated heterocycles. The van der Waals surface area contributed by atoms with Crippen molar-refractivity contribution in [2.45, 2.75) is 18.4 Å². The van der Waals surface area contributed by atoms with Crippen LogP contribution in [0.2, 0.25) is 0 Å². The number of thiazole rings is 1. The Bertz CT molecular complexity index is 1030. The summed E-state index contributed by atoms with van der Waals surface area (Å²) in [5, 5.41) is 15.1. The number of fused-ring (bicyclic) bond motifs is 2. The fourth-order valence-corrected chi connectivity index (χ4v) is 4.98. The maximum atomic E-state index is 9.69. The zero-order valence-electron chi connectivity index (χ0n) is 13.7. The predicted octanol–water partition coefficient (Wildman–Crippen LogP) is 5.17. The van der Waals surface area contributed by atoms with Crippen molar-refractivity contribution in [2.75, 3.05) is 5.32 Å². The minimum absolute atomic E-state index is 0.689. The molecule has 0 atom stereocenters. The molecule has 1 aliphatic heterocycles. The maximum Gasteiger partial charge on any atom is 0.280 e. The summed E-state index contributed by atoms with van der Waals surface area (Å²) < 4.78 is 3.41. The fourth-order valence-electron chi connectivity index (χ4n) is 2.88. The number of nitrogens with one attached hydrogen (secondary N) is 1. The highest BCUT2D eigenvalue weighted by atomic mass is 32.2. The molecule has 3 aromatic rings. The molecule has 1 N–H and O–H groups in total. The van der Waals surface area contributed by atoms with Crippen LogP contribution in [0.25, 0.3) is 15.8 Å². The Morgan fingerprint density at radius 3 is 2.80 bits per heavy atom. The third kappa shape index (κ3) is 2.95. The van der Waals surface area contributed by atoms with Crippen LogP contribution in [-0.2, 0) is 6.54 Å². The van der Waals surface area contributed by atoms with E-state index in [4.69, 9.17) is 0 Å². The van der Waals surface area contributed by atoms with E-state index in [0.29, 0.717) is 5.57 Å². The van der Waals surface area contributed by atoms with E-state index in [1.807, 2.05) is 36.4 Å². The molecule has 0 bridgehead atoms. The first kappa shape index (κ1) is 15.9. The summed E-state index contributed by atoms with van der Waals surface area (Å²) in [5.41, 5.74) is 2.99. The van der Waals surface area contributed by atoms with Crippen molar-refractivity contribution in [3.05, 3.63) is 70.7 Å². The van der Waals surface area contributed by atoms with Crippen molar-refractivity contribution in [1.29, 1.82) is 5.26 Å². The summed E-state index contributed by atoms with van der Waals surface area (Å²) in [5.74, 6) is 0. The summed E-state index contributed by atoms with van der Waals surface area (Å²) in [7, 11) is 0. The molecule has 2 heterocycles. The van der Waals surface area contributed by atoms with Crippen molar-refractivity contribution >= 4 is 44.6 Å². The highest BCUT2D eigenvalue weighted by Crippen LogP contribution is 2.40. The highest BCUT2D eigenvalue weighted by Gasteiger charge is 2.22. The second-order valence-electron chi connectivity index (χ2n) is 5.57. The van der Waals surface area contributed by atoms with E-state index in [9.17, 15) is 5.26 Å². The van der Waals surface area contributed by atoms with Gasteiger partial charge in [-0.15, -0.1) is 0 Å². The van der Waals surface area contributed by atoms with Crippen LogP contribution in [-0.4, -0.2) is 0 Å². The van der Waals surface area contributed by atoms with Crippen LogP contribution in [0.4, 0.5) is 5.69 Å². The number of rotatable bonds is 3. The van der Waals surface area contributed by atoms with E-state index < -0.39 is 0 Å². The lowest BCUT2D eigenvalue weighted by atomic mass is 10.2. The van der Waals surface area contributed by atoms with Crippen LogP contribution in [0.3, 0.4) is 0 Å². The van der Waals surface area contributed by atoms with E-state index >= 15 is 0 Å². The monoisotopic (exact) mass is 362 g/mol. The molecule has 3 nitrogen and oxygen atoms in total. The van der Waals surface area contributed by atoms with Crippen molar-refractivity contribution in [3.8, 4) is 6.07 Å². The number of thioether (sulfide) groups is 1. The van der Waals surface area contributed by atoms with Crippen molar-refractivity contribution in [3.63, 3.8) is 0 Å². The van der Waals surface area contributed by atoms with Crippen LogP contribution in [0, 0.1) is 11.3 Å². The van der Waals surface area contributed by atoms with Crippen molar-refractivity contribution in [2.24, 2.45) is 0 Å². The number of hydrogen-bond donors (Lipinski definition) is 1. The largest absolute Gasteiger partial charge is 0.349 e. The van der Waals surface area contributed by atoms with Gasteiger partial charge in [0, 0.05) is 11.0 Å². The van der Waals surface area contributed by atoms with E-state index in [-0.39, 0.29) is 0 Å². The number of anilines is 1. The summed E-state index contributed by atoms with van der Waals surface area (Å²) in [6, 6.07) is 18.9. The summed E-state index contributed by atoms with van der Waals surface area (Å²) >= 11 is 3.36. The van der Waals surface area contributed by atoms with Gasteiger partial charge >= 0.3 is 0 Å². The Morgan fingerprint density at radius 1 is 1.20 bits per heavy atom. The van der Waals surface area contributed by atoms with E-state index in [1.54, 1.807) is 23.1 Å². The molecule has 122 valence electrons. The molecule has 0 aliphatic carbocycles. The van der Waals surface area contributed by atoms with E-state index in [0.717, 1.165) is 22.3 Å². The molecule has 2 aromatic carbocycles. The molecule has 0 saturated carbocycles. The van der Waals surface area contributed by atoms with Crippen LogP contribution in [0.15, 0.2) is 70.6 Å². The molecule has 1 aromatic heterocycles. The quantitative estimate of drug-likeness (QED) is 0.516.